The fourth-order valence-electron chi connectivity index (χ4n) is 3.39. The Morgan fingerprint density at radius 1 is 1.52 bits per heavy atom. The summed E-state index contributed by atoms with van der Waals surface area (Å²) in [5.74, 6) is -0.853. The fraction of sp³-hybridized carbons (Fsp3) is 0.375. The number of fused-ring (bicyclic) bond motifs is 1. The van der Waals surface area contributed by atoms with Gasteiger partial charge in [-0.05, 0) is 38.2 Å². The van der Waals surface area contributed by atoms with Gasteiger partial charge in [0, 0.05) is 23.4 Å². The van der Waals surface area contributed by atoms with Crippen molar-refractivity contribution in [3.05, 3.63) is 51.3 Å². The zero-order valence-corrected chi connectivity index (χ0v) is 12.7. The molecular weight excluding hydrogens is 298 g/mol. The molecule has 0 aliphatic heterocycles. The van der Waals surface area contributed by atoms with Crippen LogP contribution in [-0.2, 0) is 11.2 Å². The van der Waals surface area contributed by atoms with Gasteiger partial charge in [0.25, 0.3) is 5.69 Å². The SMILES string of the molecule is Cc1nn(-c2cccc([N+](=O)[O-])c2)c2c1C(CC(=O)O)CCC2. The molecule has 0 amide bonds. The van der Waals surface area contributed by atoms with E-state index in [1.807, 2.05) is 6.92 Å². The maximum absolute atomic E-state index is 11.1. The minimum Gasteiger partial charge on any atom is -0.481 e. The highest BCUT2D eigenvalue weighted by Crippen LogP contribution is 2.37. The lowest BCUT2D eigenvalue weighted by atomic mass is 9.83. The van der Waals surface area contributed by atoms with Gasteiger partial charge in [-0.15, -0.1) is 0 Å². The van der Waals surface area contributed by atoms with Crippen molar-refractivity contribution in [2.45, 2.75) is 38.5 Å². The van der Waals surface area contributed by atoms with Crippen LogP contribution in [-0.4, -0.2) is 25.8 Å². The molecule has 1 aliphatic carbocycles. The molecule has 1 aromatic carbocycles. The number of nitro benzene ring substituents is 1. The summed E-state index contributed by atoms with van der Waals surface area (Å²) in [7, 11) is 0. The quantitative estimate of drug-likeness (QED) is 0.691. The van der Waals surface area contributed by atoms with Crippen molar-refractivity contribution in [2.75, 3.05) is 0 Å². The van der Waals surface area contributed by atoms with Gasteiger partial charge in [0.1, 0.15) is 0 Å². The van der Waals surface area contributed by atoms with Crippen LogP contribution >= 0.6 is 0 Å². The molecule has 23 heavy (non-hydrogen) atoms. The van der Waals surface area contributed by atoms with Gasteiger partial charge < -0.3 is 5.11 Å². The average Bonchev–Trinajstić information content (AvgIpc) is 2.85. The second-order valence-corrected chi connectivity index (χ2v) is 5.82. The summed E-state index contributed by atoms with van der Waals surface area (Å²) in [6, 6.07) is 6.35. The number of aromatic nitrogens is 2. The molecule has 120 valence electrons. The second kappa shape index (κ2) is 5.83. The first-order valence-corrected chi connectivity index (χ1v) is 7.52. The normalized spacial score (nSPS) is 16.8. The number of non-ortho nitro benzene ring substituents is 1. The molecule has 1 unspecified atom stereocenters. The predicted octanol–water partition coefficient (Wildman–Crippen LogP) is 2.98. The standard InChI is InChI=1S/C16H17N3O4/c1-10-16-11(8-15(20)21)4-2-7-14(16)18(17-10)12-5-3-6-13(9-12)19(22)23/h3,5-6,9,11H,2,4,7-8H2,1H3,(H,20,21). The Labute approximate surface area is 132 Å². The number of hydrogen-bond acceptors (Lipinski definition) is 4. The predicted molar refractivity (Wildman–Crippen MR) is 82.9 cm³/mol. The number of hydrogen-bond donors (Lipinski definition) is 1. The van der Waals surface area contributed by atoms with Gasteiger partial charge in [0.05, 0.1) is 22.7 Å². The number of carboxylic acid groups (broad SMARTS) is 1. The van der Waals surface area contributed by atoms with Crippen molar-refractivity contribution in [1.29, 1.82) is 0 Å². The van der Waals surface area contributed by atoms with Crippen LogP contribution in [0.2, 0.25) is 0 Å². The molecule has 3 rings (SSSR count). The highest BCUT2D eigenvalue weighted by atomic mass is 16.6. The maximum Gasteiger partial charge on any atom is 0.303 e. The van der Waals surface area contributed by atoms with E-state index in [0.29, 0.717) is 5.69 Å². The third-order valence-corrected chi connectivity index (χ3v) is 4.29. The van der Waals surface area contributed by atoms with Crippen molar-refractivity contribution in [2.24, 2.45) is 0 Å². The maximum atomic E-state index is 11.1. The van der Waals surface area contributed by atoms with Crippen molar-refractivity contribution in [3.8, 4) is 5.69 Å². The van der Waals surface area contributed by atoms with Gasteiger partial charge in [-0.1, -0.05) is 6.07 Å². The van der Waals surface area contributed by atoms with Gasteiger partial charge in [-0.2, -0.15) is 5.10 Å². The number of benzene rings is 1. The molecule has 1 atom stereocenters. The van der Waals surface area contributed by atoms with E-state index >= 15 is 0 Å². The highest BCUT2D eigenvalue weighted by Gasteiger charge is 2.29. The number of carbonyl (C=O) groups is 1. The van der Waals surface area contributed by atoms with Crippen molar-refractivity contribution >= 4 is 11.7 Å². The molecule has 1 N–H and O–H groups in total. The Kier molecular flexibility index (Phi) is 3.85. The van der Waals surface area contributed by atoms with Gasteiger partial charge in [0.2, 0.25) is 0 Å². The first-order valence-electron chi connectivity index (χ1n) is 7.52. The molecule has 0 bridgehead atoms. The molecule has 2 aromatic rings. The minimum atomic E-state index is -0.814. The number of aliphatic carboxylic acids is 1. The third kappa shape index (κ3) is 2.81. The number of carboxylic acids is 1. The van der Waals surface area contributed by atoms with Crippen molar-refractivity contribution in [3.63, 3.8) is 0 Å². The Bertz CT molecular complexity index is 782. The zero-order valence-electron chi connectivity index (χ0n) is 12.7. The first kappa shape index (κ1) is 15.2. The summed E-state index contributed by atoms with van der Waals surface area (Å²) in [6.45, 7) is 1.87. The van der Waals surface area contributed by atoms with Crippen LogP contribution in [0.5, 0.6) is 0 Å². The number of nitro groups is 1. The summed E-state index contributed by atoms with van der Waals surface area (Å²) >= 11 is 0. The minimum absolute atomic E-state index is 0.0160. The van der Waals surface area contributed by atoms with E-state index in [-0.39, 0.29) is 18.0 Å². The molecule has 0 radical (unpaired) electrons. The van der Waals surface area contributed by atoms with E-state index in [1.165, 1.54) is 12.1 Å². The van der Waals surface area contributed by atoms with Crippen LogP contribution in [0.1, 0.15) is 42.1 Å². The van der Waals surface area contributed by atoms with Gasteiger partial charge >= 0.3 is 5.97 Å². The highest BCUT2D eigenvalue weighted by molar-refractivity contribution is 5.68. The summed E-state index contributed by atoms with van der Waals surface area (Å²) < 4.78 is 1.73. The smallest absolute Gasteiger partial charge is 0.303 e. The van der Waals surface area contributed by atoms with E-state index in [9.17, 15) is 14.9 Å². The van der Waals surface area contributed by atoms with Gasteiger partial charge in [-0.3, -0.25) is 14.9 Å². The molecule has 0 saturated carbocycles. The Balaban J connectivity index is 2.07. The van der Waals surface area contributed by atoms with Crippen LogP contribution in [0.15, 0.2) is 24.3 Å². The van der Waals surface area contributed by atoms with Gasteiger partial charge in [-0.25, -0.2) is 4.68 Å². The molecule has 7 nitrogen and oxygen atoms in total. The van der Waals surface area contributed by atoms with Gasteiger partial charge in [0.15, 0.2) is 0 Å². The first-order chi connectivity index (χ1) is 11.0. The van der Waals surface area contributed by atoms with E-state index in [1.54, 1.807) is 16.8 Å². The van der Waals surface area contributed by atoms with E-state index in [4.69, 9.17) is 5.11 Å². The average molecular weight is 315 g/mol. The lowest BCUT2D eigenvalue weighted by Gasteiger charge is -2.22. The Morgan fingerprint density at radius 2 is 2.30 bits per heavy atom. The monoisotopic (exact) mass is 315 g/mol. The second-order valence-electron chi connectivity index (χ2n) is 5.82. The van der Waals surface area contributed by atoms with E-state index in [0.717, 1.165) is 36.2 Å². The summed E-state index contributed by atoms with van der Waals surface area (Å²) in [5.41, 5.74) is 3.42. The van der Waals surface area contributed by atoms with E-state index < -0.39 is 10.9 Å². The molecule has 1 aromatic heterocycles. The van der Waals surface area contributed by atoms with E-state index in [2.05, 4.69) is 5.10 Å². The Morgan fingerprint density at radius 3 is 3.00 bits per heavy atom. The number of aryl methyl sites for hydroxylation is 1. The van der Waals surface area contributed by atoms with Crippen molar-refractivity contribution in [1.82, 2.24) is 9.78 Å². The molecule has 0 spiro atoms. The third-order valence-electron chi connectivity index (χ3n) is 4.29. The molecule has 7 heteroatoms. The molecule has 1 aliphatic rings. The van der Waals surface area contributed by atoms with Crippen LogP contribution < -0.4 is 0 Å². The van der Waals surface area contributed by atoms with Crippen LogP contribution in [0.25, 0.3) is 5.69 Å². The fourth-order valence-corrected chi connectivity index (χ4v) is 3.39. The molecule has 1 heterocycles. The summed E-state index contributed by atoms with van der Waals surface area (Å²) in [5, 5.41) is 24.6. The molecular formula is C16H17N3O4. The topological polar surface area (TPSA) is 98.3 Å². The number of rotatable bonds is 4. The van der Waals surface area contributed by atoms with Crippen molar-refractivity contribution < 1.29 is 14.8 Å². The summed E-state index contributed by atoms with van der Waals surface area (Å²) in [6.07, 6.45) is 2.62. The molecule has 0 fully saturated rings. The zero-order chi connectivity index (χ0) is 16.6. The Hall–Kier alpha value is -2.70. The summed E-state index contributed by atoms with van der Waals surface area (Å²) in [4.78, 5) is 21.6. The largest absolute Gasteiger partial charge is 0.481 e. The lowest BCUT2D eigenvalue weighted by Crippen LogP contribution is -2.15. The van der Waals surface area contributed by atoms with Crippen LogP contribution in [0.3, 0.4) is 0 Å². The van der Waals surface area contributed by atoms with Crippen LogP contribution in [0, 0.1) is 17.0 Å². The number of nitrogens with zero attached hydrogens (tertiary/aromatic N) is 3. The molecule has 0 saturated heterocycles. The lowest BCUT2D eigenvalue weighted by molar-refractivity contribution is -0.384. The van der Waals surface area contributed by atoms with Crippen LogP contribution in [0.4, 0.5) is 5.69 Å².